The number of methoxy groups -OCH3 is 1. The Labute approximate surface area is 109 Å². The third kappa shape index (κ3) is 5.68. The van der Waals surface area contributed by atoms with Gasteiger partial charge < -0.3 is 15.8 Å². The van der Waals surface area contributed by atoms with Crippen LogP contribution < -0.4 is 15.8 Å². The number of nitrogens with one attached hydrogen (secondary N) is 1. The number of amides is 1. The number of carbonyl (C=O) groups excluding carboxylic acids is 1. The fraction of sp³-hybridized carbons (Fsp3) is 0.500. The largest absolute Gasteiger partial charge is 0.497 e. The van der Waals surface area contributed by atoms with Crippen molar-refractivity contribution >= 4 is 11.6 Å². The van der Waals surface area contributed by atoms with Crippen LogP contribution in [-0.2, 0) is 4.79 Å². The van der Waals surface area contributed by atoms with Crippen LogP contribution in [0.15, 0.2) is 24.3 Å². The third-order valence-electron chi connectivity index (χ3n) is 2.73. The van der Waals surface area contributed by atoms with E-state index in [0.717, 1.165) is 43.7 Å². The smallest absolute Gasteiger partial charge is 0.224 e. The first-order valence-corrected chi connectivity index (χ1v) is 6.40. The molecule has 0 spiro atoms. The Kier molecular flexibility index (Phi) is 6.87. The number of ether oxygens (including phenoxy) is 1. The number of carbonyl (C=O) groups is 1. The molecule has 1 aromatic rings. The molecular formula is C14H22N2O2. The first-order valence-electron chi connectivity index (χ1n) is 6.40. The molecule has 18 heavy (non-hydrogen) atoms. The molecule has 0 radical (unpaired) electrons. The zero-order valence-electron chi connectivity index (χ0n) is 10.9. The van der Waals surface area contributed by atoms with Crippen molar-refractivity contribution in [2.45, 2.75) is 32.1 Å². The monoisotopic (exact) mass is 250 g/mol. The van der Waals surface area contributed by atoms with Gasteiger partial charge in [-0.05, 0) is 43.7 Å². The minimum Gasteiger partial charge on any atom is -0.497 e. The zero-order valence-corrected chi connectivity index (χ0v) is 10.9. The van der Waals surface area contributed by atoms with Gasteiger partial charge in [0.2, 0.25) is 5.91 Å². The third-order valence-corrected chi connectivity index (χ3v) is 2.73. The van der Waals surface area contributed by atoms with Crippen LogP contribution in [-0.4, -0.2) is 19.6 Å². The lowest BCUT2D eigenvalue weighted by Crippen LogP contribution is -2.11. The molecule has 0 aliphatic carbocycles. The molecular weight excluding hydrogens is 228 g/mol. The van der Waals surface area contributed by atoms with Gasteiger partial charge in [0.25, 0.3) is 0 Å². The lowest BCUT2D eigenvalue weighted by atomic mass is 10.1. The first-order chi connectivity index (χ1) is 8.76. The van der Waals surface area contributed by atoms with E-state index in [0.29, 0.717) is 6.42 Å². The predicted octanol–water partition coefficient (Wildman–Crippen LogP) is 2.54. The summed E-state index contributed by atoms with van der Waals surface area (Å²) in [6, 6.07) is 7.34. The summed E-state index contributed by atoms with van der Waals surface area (Å²) in [4.78, 5) is 11.6. The molecule has 1 amide bonds. The second-order valence-corrected chi connectivity index (χ2v) is 4.23. The SMILES string of the molecule is COc1ccc(NC(=O)CCCCCCN)cc1. The van der Waals surface area contributed by atoms with Crippen molar-refractivity contribution in [3.63, 3.8) is 0 Å². The summed E-state index contributed by atoms with van der Waals surface area (Å²) in [5, 5.41) is 2.86. The van der Waals surface area contributed by atoms with Crippen molar-refractivity contribution in [2.24, 2.45) is 5.73 Å². The van der Waals surface area contributed by atoms with E-state index in [9.17, 15) is 4.79 Å². The maximum absolute atomic E-state index is 11.6. The fourth-order valence-corrected chi connectivity index (χ4v) is 1.68. The highest BCUT2D eigenvalue weighted by Gasteiger charge is 2.02. The maximum Gasteiger partial charge on any atom is 0.224 e. The molecule has 0 saturated carbocycles. The Balaban J connectivity index is 2.22. The number of unbranched alkanes of at least 4 members (excludes halogenated alkanes) is 3. The number of rotatable bonds is 8. The second-order valence-electron chi connectivity index (χ2n) is 4.23. The van der Waals surface area contributed by atoms with Crippen molar-refractivity contribution in [1.82, 2.24) is 0 Å². The summed E-state index contributed by atoms with van der Waals surface area (Å²) in [5.74, 6) is 0.850. The van der Waals surface area contributed by atoms with Crippen LogP contribution in [0.5, 0.6) is 5.75 Å². The Morgan fingerprint density at radius 3 is 2.44 bits per heavy atom. The topological polar surface area (TPSA) is 64.3 Å². The highest BCUT2D eigenvalue weighted by Crippen LogP contribution is 2.15. The summed E-state index contributed by atoms with van der Waals surface area (Å²) in [6.45, 7) is 0.734. The van der Waals surface area contributed by atoms with Gasteiger partial charge in [-0.2, -0.15) is 0 Å². The highest BCUT2D eigenvalue weighted by molar-refractivity contribution is 5.90. The van der Waals surface area contributed by atoms with E-state index in [1.54, 1.807) is 7.11 Å². The molecule has 0 heterocycles. The van der Waals surface area contributed by atoms with Gasteiger partial charge in [0.05, 0.1) is 7.11 Å². The quantitative estimate of drug-likeness (QED) is 0.697. The molecule has 100 valence electrons. The number of nitrogens with two attached hydrogens (primary N) is 1. The van der Waals surface area contributed by atoms with Crippen LogP contribution >= 0.6 is 0 Å². The summed E-state index contributed by atoms with van der Waals surface area (Å²) in [7, 11) is 1.62. The molecule has 4 nitrogen and oxygen atoms in total. The van der Waals surface area contributed by atoms with Gasteiger partial charge in [-0.25, -0.2) is 0 Å². The minimum atomic E-state index is 0.0629. The molecule has 1 aromatic carbocycles. The summed E-state index contributed by atoms with van der Waals surface area (Å²) < 4.78 is 5.05. The van der Waals surface area contributed by atoms with Gasteiger partial charge in [0.1, 0.15) is 5.75 Å². The molecule has 0 unspecified atom stereocenters. The summed E-state index contributed by atoms with van der Waals surface area (Å²) in [5.41, 5.74) is 6.21. The number of anilines is 1. The average molecular weight is 250 g/mol. The molecule has 0 fully saturated rings. The van der Waals surface area contributed by atoms with Crippen LogP contribution in [0.3, 0.4) is 0 Å². The zero-order chi connectivity index (χ0) is 13.2. The average Bonchev–Trinajstić information content (AvgIpc) is 2.39. The highest BCUT2D eigenvalue weighted by atomic mass is 16.5. The van der Waals surface area contributed by atoms with Crippen molar-refractivity contribution in [1.29, 1.82) is 0 Å². The first kappa shape index (κ1) is 14.5. The van der Waals surface area contributed by atoms with E-state index in [-0.39, 0.29) is 5.91 Å². The normalized spacial score (nSPS) is 10.1. The van der Waals surface area contributed by atoms with Crippen molar-refractivity contribution in [2.75, 3.05) is 19.0 Å². The maximum atomic E-state index is 11.6. The van der Waals surface area contributed by atoms with E-state index < -0.39 is 0 Å². The van der Waals surface area contributed by atoms with Crippen molar-refractivity contribution in [3.8, 4) is 5.75 Å². The van der Waals surface area contributed by atoms with Gasteiger partial charge >= 0.3 is 0 Å². The molecule has 0 atom stereocenters. The Morgan fingerprint density at radius 2 is 1.83 bits per heavy atom. The predicted molar refractivity (Wildman–Crippen MR) is 73.8 cm³/mol. The summed E-state index contributed by atoms with van der Waals surface area (Å²) in [6.07, 6.45) is 4.69. The van der Waals surface area contributed by atoms with E-state index in [1.165, 1.54) is 0 Å². The van der Waals surface area contributed by atoms with Gasteiger partial charge in [0, 0.05) is 12.1 Å². The lowest BCUT2D eigenvalue weighted by Gasteiger charge is -2.06. The van der Waals surface area contributed by atoms with Crippen LogP contribution in [0.2, 0.25) is 0 Å². The van der Waals surface area contributed by atoms with Gasteiger partial charge in [-0.3, -0.25) is 4.79 Å². The second kappa shape index (κ2) is 8.53. The van der Waals surface area contributed by atoms with E-state index >= 15 is 0 Å². The number of benzene rings is 1. The Hall–Kier alpha value is -1.55. The standard InChI is InChI=1S/C14H22N2O2/c1-18-13-9-7-12(8-10-13)16-14(17)6-4-2-3-5-11-15/h7-10H,2-6,11,15H2,1H3,(H,16,17). The molecule has 4 heteroatoms. The number of hydrogen-bond acceptors (Lipinski definition) is 3. The van der Waals surface area contributed by atoms with Crippen LogP contribution in [0.25, 0.3) is 0 Å². The Bertz CT molecular complexity index is 349. The molecule has 3 N–H and O–H groups in total. The van der Waals surface area contributed by atoms with E-state index in [4.69, 9.17) is 10.5 Å². The van der Waals surface area contributed by atoms with Crippen molar-refractivity contribution < 1.29 is 9.53 Å². The van der Waals surface area contributed by atoms with Gasteiger partial charge in [-0.1, -0.05) is 12.8 Å². The molecule has 1 rings (SSSR count). The van der Waals surface area contributed by atoms with Crippen LogP contribution in [0.1, 0.15) is 32.1 Å². The molecule has 0 saturated heterocycles. The molecule has 0 aromatic heterocycles. The summed E-state index contributed by atoms with van der Waals surface area (Å²) >= 11 is 0. The van der Waals surface area contributed by atoms with Crippen molar-refractivity contribution in [3.05, 3.63) is 24.3 Å². The van der Waals surface area contributed by atoms with E-state index in [1.807, 2.05) is 24.3 Å². The molecule has 0 bridgehead atoms. The minimum absolute atomic E-state index is 0.0629. The Morgan fingerprint density at radius 1 is 1.17 bits per heavy atom. The number of hydrogen-bond donors (Lipinski definition) is 2. The van der Waals surface area contributed by atoms with Crippen LogP contribution in [0.4, 0.5) is 5.69 Å². The fourth-order valence-electron chi connectivity index (χ4n) is 1.68. The molecule has 0 aliphatic rings. The van der Waals surface area contributed by atoms with Gasteiger partial charge in [-0.15, -0.1) is 0 Å². The molecule has 0 aliphatic heterocycles. The van der Waals surface area contributed by atoms with Crippen LogP contribution in [0, 0.1) is 0 Å². The lowest BCUT2D eigenvalue weighted by molar-refractivity contribution is -0.116. The van der Waals surface area contributed by atoms with Gasteiger partial charge in [0.15, 0.2) is 0 Å². The van der Waals surface area contributed by atoms with E-state index in [2.05, 4.69) is 5.32 Å².